The minimum absolute atomic E-state index is 0.381. The monoisotopic (exact) mass is 715 g/mol. The predicted molar refractivity (Wildman–Crippen MR) is 160 cm³/mol. The number of nitrogen functional groups attached to an aromatic ring is 1. The van der Waals surface area contributed by atoms with Crippen LogP contribution < -0.4 is 5.73 Å². The van der Waals surface area contributed by atoms with E-state index in [-0.39, 0.29) is 0 Å². The smallest absolute Gasteiger partial charge is 0.296 e. The van der Waals surface area contributed by atoms with Crippen molar-refractivity contribution < 1.29 is 57.0 Å². The number of benzene rings is 4. The Balaban J connectivity index is 2.08. The molecule has 0 bridgehead atoms. The number of nitrogens with zero attached hydrogens (tertiary/aromatic N) is 4. The summed E-state index contributed by atoms with van der Waals surface area (Å²) in [5, 5.41) is 24.5. The highest BCUT2D eigenvalue weighted by molar-refractivity contribution is 7.86. The van der Waals surface area contributed by atoms with Gasteiger partial charge in [0.2, 0.25) is 0 Å². The van der Waals surface area contributed by atoms with Gasteiger partial charge in [0.15, 0.2) is 5.75 Å². The van der Waals surface area contributed by atoms with Gasteiger partial charge in [-0.05, 0) is 66.8 Å². The van der Waals surface area contributed by atoms with Gasteiger partial charge in [0.05, 0.1) is 11.1 Å². The highest BCUT2D eigenvalue weighted by atomic mass is 32.2. The number of phenols is 1. The summed E-state index contributed by atoms with van der Waals surface area (Å²) in [4.78, 5) is -3.76. The quantitative estimate of drug-likeness (QED) is 0.0827. The highest BCUT2D eigenvalue weighted by Crippen LogP contribution is 2.48. The van der Waals surface area contributed by atoms with Crippen LogP contribution in [0.1, 0.15) is 11.1 Å². The van der Waals surface area contributed by atoms with E-state index in [0.29, 0.717) is 23.3 Å². The van der Waals surface area contributed by atoms with Gasteiger partial charge in [-0.15, -0.1) is 20.5 Å². The van der Waals surface area contributed by atoms with Gasteiger partial charge in [-0.1, -0.05) is 12.1 Å². The molecule has 18 nitrogen and oxygen atoms in total. The molecule has 4 aromatic rings. The molecule has 4 aromatic carbocycles. The van der Waals surface area contributed by atoms with Crippen molar-refractivity contribution in [3.8, 4) is 5.75 Å². The summed E-state index contributed by atoms with van der Waals surface area (Å²) in [5.41, 5.74) is 3.19. The third kappa shape index (κ3) is 7.02. The molecule has 7 N–H and O–H groups in total. The number of aryl methyl sites for hydroxylation is 2. The van der Waals surface area contributed by atoms with E-state index in [1.54, 1.807) is 0 Å². The second-order valence-corrected chi connectivity index (χ2v) is 15.1. The fraction of sp³-hybridized carbons (Fsp3) is 0.0833. The van der Waals surface area contributed by atoms with E-state index in [1.165, 1.54) is 26.0 Å². The summed E-state index contributed by atoms with van der Waals surface area (Å²) in [5.74, 6) is -1.17. The number of phenolic OH excluding ortho intramolecular Hbond substituents is 1. The molecule has 0 radical (unpaired) electrons. The first kappa shape index (κ1) is 34.5. The number of rotatable bonds is 8. The second-order valence-electron chi connectivity index (χ2n) is 9.55. The summed E-state index contributed by atoms with van der Waals surface area (Å²) in [6.07, 6.45) is 0. The Hall–Kier alpha value is -4.42. The van der Waals surface area contributed by atoms with Gasteiger partial charge in [-0.25, -0.2) is 0 Å². The van der Waals surface area contributed by atoms with Gasteiger partial charge >= 0.3 is 0 Å². The number of hydrogen-bond acceptors (Lipinski definition) is 14. The van der Waals surface area contributed by atoms with Gasteiger partial charge < -0.3 is 10.8 Å². The molecule has 244 valence electrons. The first-order chi connectivity index (χ1) is 21.0. The molecule has 46 heavy (non-hydrogen) atoms. The average Bonchev–Trinajstić information content (AvgIpc) is 2.89. The van der Waals surface area contributed by atoms with Crippen molar-refractivity contribution in [2.45, 2.75) is 33.4 Å². The Labute approximate surface area is 260 Å². The zero-order chi connectivity index (χ0) is 34.6. The SMILES string of the molecule is Cc1ccc(S(=O)(=O)O)c(N=Nc2c(S(=O)(=O)O)cc3cc(S(=O)(=O)O)c(N=Nc4ccc(C)cc4S(=O)(=O)O)c(N)c3c2O)c1. The normalized spacial score (nSPS) is 13.3. The molecule has 0 saturated carbocycles. The van der Waals surface area contributed by atoms with Crippen molar-refractivity contribution in [1.29, 1.82) is 0 Å². The molecular formula is C24H21N5O13S4. The van der Waals surface area contributed by atoms with Crippen LogP contribution in [0.15, 0.2) is 88.6 Å². The maximum absolute atomic E-state index is 12.3. The molecule has 0 amide bonds. The van der Waals surface area contributed by atoms with Crippen LogP contribution in [0, 0.1) is 13.8 Å². The molecule has 0 aliphatic heterocycles. The standard InChI is InChI=1S/C24H21N5O13S4/c1-11-4-6-16(43(31,32)33)15(7-11)27-29-23-19(46(40,41)42)10-13-9-18(45(37,38)39)22(21(25)20(13)24(23)30)28-26-14-5-3-12(2)8-17(14)44(34,35)36/h3-10,30H,25H2,1-2H3,(H,31,32,33)(H,34,35,36)(H,37,38,39)(H,40,41,42). The molecule has 0 atom stereocenters. The van der Waals surface area contributed by atoms with Gasteiger partial charge in [0.25, 0.3) is 40.5 Å². The van der Waals surface area contributed by atoms with Crippen LogP contribution in [0.3, 0.4) is 0 Å². The van der Waals surface area contributed by atoms with Gasteiger partial charge in [-0.3, -0.25) is 18.2 Å². The van der Waals surface area contributed by atoms with Crippen LogP contribution in [0.4, 0.5) is 28.4 Å². The molecular weight excluding hydrogens is 695 g/mol. The summed E-state index contributed by atoms with van der Waals surface area (Å²) >= 11 is 0. The highest BCUT2D eigenvalue weighted by Gasteiger charge is 2.28. The molecule has 0 unspecified atom stereocenters. The topological polar surface area (TPSA) is 313 Å². The molecule has 0 saturated heterocycles. The van der Waals surface area contributed by atoms with Crippen molar-refractivity contribution in [3.63, 3.8) is 0 Å². The number of nitrogens with two attached hydrogens (primary N) is 1. The second kappa shape index (κ2) is 11.7. The number of aromatic hydroxyl groups is 1. The Kier molecular flexibility index (Phi) is 8.79. The lowest BCUT2D eigenvalue weighted by molar-refractivity contribution is 0.472. The van der Waals surface area contributed by atoms with Crippen molar-refractivity contribution in [1.82, 2.24) is 0 Å². The number of hydrogen-bond donors (Lipinski definition) is 6. The fourth-order valence-corrected chi connectivity index (χ4v) is 6.79. The first-order valence-electron chi connectivity index (χ1n) is 12.1. The lowest BCUT2D eigenvalue weighted by atomic mass is 10.1. The molecule has 0 heterocycles. The Bertz CT molecular complexity index is 2460. The van der Waals surface area contributed by atoms with Crippen LogP contribution in [-0.4, -0.2) is 57.0 Å². The lowest BCUT2D eigenvalue weighted by Crippen LogP contribution is -2.04. The first-order valence-corrected chi connectivity index (χ1v) is 17.8. The predicted octanol–water partition coefficient (Wildman–Crippen LogP) is 4.56. The van der Waals surface area contributed by atoms with Crippen molar-refractivity contribution in [3.05, 3.63) is 59.7 Å². The van der Waals surface area contributed by atoms with Gasteiger partial charge in [0.1, 0.15) is 42.3 Å². The molecule has 4 rings (SSSR count). The Morgan fingerprint density at radius 3 is 1.54 bits per heavy atom. The van der Waals surface area contributed by atoms with E-state index in [9.17, 15) is 57.0 Å². The third-order valence-corrected chi connectivity index (χ3v) is 9.69. The van der Waals surface area contributed by atoms with Crippen molar-refractivity contribution in [2.75, 3.05) is 5.73 Å². The summed E-state index contributed by atoms with van der Waals surface area (Å²) in [6.45, 7) is 3.01. The molecule has 0 aliphatic rings. The van der Waals surface area contributed by atoms with Gasteiger partial charge in [-0.2, -0.15) is 33.7 Å². The van der Waals surface area contributed by atoms with E-state index >= 15 is 0 Å². The number of fused-ring (bicyclic) bond motifs is 1. The van der Waals surface area contributed by atoms with Crippen LogP contribution >= 0.6 is 0 Å². The zero-order valence-corrected chi connectivity index (χ0v) is 26.4. The maximum Gasteiger partial charge on any atom is 0.296 e. The Morgan fingerprint density at radius 2 is 1.00 bits per heavy atom. The number of azo groups is 2. The third-order valence-electron chi connectivity index (χ3n) is 6.17. The van der Waals surface area contributed by atoms with E-state index in [1.807, 2.05) is 0 Å². The molecule has 0 aromatic heterocycles. The molecule has 0 spiro atoms. The molecule has 0 fully saturated rings. The largest absolute Gasteiger partial charge is 0.505 e. The van der Waals surface area contributed by atoms with Gasteiger partial charge in [0, 0.05) is 0 Å². The average molecular weight is 716 g/mol. The Morgan fingerprint density at radius 1 is 0.543 bits per heavy atom. The minimum atomic E-state index is -5.30. The summed E-state index contributed by atoms with van der Waals surface area (Å²) in [6, 6.07) is 8.11. The summed E-state index contributed by atoms with van der Waals surface area (Å²) in [7, 11) is -20.3. The molecule has 22 heteroatoms. The van der Waals surface area contributed by atoms with E-state index in [0.717, 1.165) is 24.3 Å². The lowest BCUT2D eigenvalue weighted by Gasteiger charge is -2.14. The zero-order valence-electron chi connectivity index (χ0n) is 23.1. The van der Waals surface area contributed by atoms with Crippen molar-refractivity contribution >= 4 is 79.7 Å². The van der Waals surface area contributed by atoms with Crippen LogP contribution in [0.25, 0.3) is 10.8 Å². The number of anilines is 1. The van der Waals surface area contributed by atoms with E-state index in [4.69, 9.17) is 5.73 Å². The van der Waals surface area contributed by atoms with E-state index in [2.05, 4.69) is 20.5 Å². The van der Waals surface area contributed by atoms with Crippen LogP contribution in [0.5, 0.6) is 5.75 Å². The van der Waals surface area contributed by atoms with Crippen LogP contribution in [0.2, 0.25) is 0 Å². The van der Waals surface area contributed by atoms with Crippen molar-refractivity contribution in [2.24, 2.45) is 20.5 Å². The maximum atomic E-state index is 12.3. The summed E-state index contributed by atoms with van der Waals surface area (Å²) < 4.78 is 135. The van der Waals surface area contributed by atoms with E-state index < -0.39 is 105 Å². The fourth-order valence-electron chi connectivity index (χ4n) is 4.15. The minimum Gasteiger partial charge on any atom is -0.505 e. The van der Waals surface area contributed by atoms with Crippen LogP contribution in [-0.2, 0) is 40.5 Å². The molecule has 0 aliphatic carbocycles.